The number of nitrogens with zero attached hydrogens (tertiary/aromatic N) is 1. The third-order valence-electron chi connectivity index (χ3n) is 4.13. The number of amides is 2. The SMILES string of the molecule is O=C1NCC1N(CCCCC1CCCC1)C(=O)O. The molecule has 1 aliphatic heterocycles. The lowest BCUT2D eigenvalue weighted by Crippen LogP contribution is -2.63. The first-order chi connectivity index (χ1) is 8.68. The van der Waals surface area contributed by atoms with Crippen LogP contribution in [0.5, 0.6) is 0 Å². The highest BCUT2D eigenvalue weighted by atomic mass is 16.4. The van der Waals surface area contributed by atoms with Crippen LogP contribution in [-0.2, 0) is 4.79 Å². The van der Waals surface area contributed by atoms with E-state index in [-0.39, 0.29) is 5.91 Å². The maximum absolute atomic E-state index is 11.2. The molecule has 0 aromatic heterocycles. The lowest BCUT2D eigenvalue weighted by Gasteiger charge is -2.34. The summed E-state index contributed by atoms with van der Waals surface area (Å²) >= 11 is 0. The summed E-state index contributed by atoms with van der Waals surface area (Å²) in [6.45, 7) is 0.952. The van der Waals surface area contributed by atoms with E-state index in [1.807, 2.05) is 0 Å². The maximum atomic E-state index is 11.2. The van der Waals surface area contributed by atoms with Crippen molar-refractivity contribution in [2.24, 2.45) is 5.92 Å². The van der Waals surface area contributed by atoms with Gasteiger partial charge in [-0.15, -0.1) is 0 Å². The zero-order valence-electron chi connectivity index (χ0n) is 10.7. The predicted octanol–water partition coefficient (Wildman–Crippen LogP) is 1.83. The average molecular weight is 254 g/mol. The molecule has 0 aromatic carbocycles. The number of carbonyl (C=O) groups excluding carboxylic acids is 1. The van der Waals surface area contributed by atoms with Gasteiger partial charge in [0.25, 0.3) is 0 Å². The molecule has 1 unspecified atom stereocenters. The van der Waals surface area contributed by atoms with Crippen molar-refractivity contribution in [3.05, 3.63) is 0 Å². The summed E-state index contributed by atoms with van der Waals surface area (Å²) in [4.78, 5) is 23.6. The van der Waals surface area contributed by atoms with Crippen LogP contribution in [0.15, 0.2) is 0 Å². The van der Waals surface area contributed by atoms with Gasteiger partial charge in [-0.25, -0.2) is 4.79 Å². The molecule has 2 rings (SSSR count). The summed E-state index contributed by atoms with van der Waals surface area (Å²) in [6.07, 6.45) is 7.57. The van der Waals surface area contributed by atoms with Crippen molar-refractivity contribution in [2.75, 3.05) is 13.1 Å². The highest BCUT2D eigenvalue weighted by Crippen LogP contribution is 2.29. The summed E-state index contributed by atoms with van der Waals surface area (Å²) in [5, 5.41) is 11.7. The standard InChI is InChI=1S/C13H22N2O3/c16-12-11(9-14-12)15(13(17)18)8-4-3-7-10-5-1-2-6-10/h10-11H,1-9H2,(H,14,16)(H,17,18). The minimum absolute atomic E-state index is 0.159. The Bertz CT molecular complexity index is 313. The largest absolute Gasteiger partial charge is 0.465 e. The smallest absolute Gasteiger partial charge is 0.408 e. The summed E-state index contributed by atoms with van der Waals surface area (Å²) in [7, 11) is 0. The molecule has 1 atom stereocenters. The van der Waals surface area contributed by atoms with Gasteiger partial charge in [-0.2, -0.15) is 0 Å². The zero-order chi connectivity index (χ0) is 13.0. The Labute approximate surface area is 108 Å². The topological polar surface area (TPSA) is 69.6 Å². The molecule has 0 spiro atoms. The van der Waals surface area contributed by atoms with Crippen LogP contribution in [0, 0.1) is 5.92 Å². The molecular weight excluding hydrogens is 232 g/mol. The van der Waals surface area contributed by atoms with Gasteiger partial charge < -0.3 is 10.4 Å². The molecule has 2 fully saturated rings. The van der Waals surface area contributed by atoms with Crippen LogP contribution < -0.4 is 5.32 Å². The van der Waals surface area contributed by atoms with Crippen LogP contribution in [0.2, 0.25) is 0 Å². The Kier molecular flexibility index (Phi) is 4.44. The fraction of sp³-hybridized carbons (Fsp3) is 0.846. The molecule has 0 aromatic rings. The maximum Gasteiger partial charge on any atom is 0.408 e. The van der Waals surface area contributed by atoms with Gasteiger partial charge in [-0.1, -0.05) is 38.5 Å². The van der Waals surface area contributed by atoms with Gasteiger partial charge in [0.05, 0.1) is 0 Å². The molecule has 1 aliphatic carbocycles. The highest BCUT2D eigenvalue weighted by molar-refractivity contribution is 5.90. The van der Waals surface area contributed by atoms with Crippen LogP contribution in [0.3, 0.4) is 0 Å². The van der Waals surface area contributed by atoms with Gasteiger partial charge >= 0.3 is 6.09 Å². The minimum Gasteiger partial charge on any atom is -0.465 e. The van der Waals surface area contributed by atoms with Gasteiger partial charge in [0.2, 0.25) is 5.91 Å². The summed E-state index contributed by atoms with van der Waals surface area (Å²) in [5.74, 6) is 0.698. The van der Waals surface area contributed by atoms with E-state index in [2.05, 4.69) is 5.32 Å². The quantitative estimate of drug-likeness (QED) is 0.561. The molecule has 102 valence electrons. The third-order valence-corrected chi connectivity index (χ3v) is 4.13. The Balaban J connectivity index is 1.66. The van der Waals surface area contributed by atoms with Gasteiger partial charge in [0.15, 0.2) is 0 Å². The Morgan fingerprint density at radius 1 is 1.33 bits per heavy atom. The van der Waals surface area contributed by atoms with E-state index in [9.17, 15) is 9.59 Å². The molecule has 0 radical (unpaired) electrons. The lowest BCUT2D eigenvalue weighted by atomic mass is 10.0. The number of carbonyl (C=O) groups is 2. The van der Waals surface area contributed by atoms with Crippen molar-refractivity contribution in [3.63, 3.8) is 0 Å². The lowest BCUT2D eigenvalue weighted by molar-refractivity contribution is -0.132. The third kappa shape index (κ3) is 3.15. The van der Waals surface area contributed by atoms with Gasteiger partial charge in [0.1, 0.15) is 6.04 Å². The number of hydrogen-bond donors (Lipinski definition) is 2. The second-order valence-electron chi connectivity index (χ2n) is 5.38. The van der Waals surface area contributed by atoms with Crippen molar-refractivity contribution < 1.29 is 14.7 Å². The first-order valence-electron chi connectivity index (χ1n) is 6.96. The number of nitrogens with one attached hydrogen (secondary N) is 1. The normalized spacial score (nSPS) is 23.6. The van der Waals surface area contributed by atoms with Gasteiger partial charge in [-0.3, -0.25) is 9.69 Å². The summed E-state index contributed by atoms with van der Waals surface area (Å²) < 4.78 is 0. The summed E-state index contributed by atoms with van der Waals surface area (Å²) in [6, 6.07) is -0.450. The van der Waals surface area contributed by atoms with Crippen molar-refractivity contribution >= 4 is 12.0 Å². The number of unbranched alkanes of at least 4 members (excludes halogenated alkanes) is 1. The molecule has 5 heteroatoms. The van der Waals surface area contributed by atoms with Crippen LogP contribution in [0.25, 0.3) is 0 Å². The van der Waals surface area contributed by atoms with E-state index in [1.165, 1.54) is 37.0 Å². The van der Waals surface area contributed by atoms with Crippen LogP contribution in [0.1, 0.15) is 44.9 Å². The van der Waals surface area contributed by atoms with Crippen molar-refractivity contribution in [1.82, 2.24) is 10.2 Å². The molecule has 2 N–H and O–H groups in total. The molecule has 1 saturated carbocycles. The fourth-order valence-corrected chi connectivity index (χ4v) is 2.93. The monoisotopic (exact) mass is 254 g/mol. The number of β-lactam (4-membered cyclic amide) rings is 1. The Morgan fingerprint density at radius 3 is 2.56 bits per heavy atom. The first-order valence-corrected chi connectivity index (χ1v) is 6.96. The number of hydrogen-bond acceptors (Lipinski definition) is 2. The second-order valence-corrected chi connectivity index (χ2v) is 5.38. The van der Waals surface area contributed by atoms with Crippen molar-refractivity contribution in [1.29, 1.82) is 0 Å². The Hall–Kier alpha value is -1.26. The molecule has 18 heavy (non-hydrogen) atoms. The number of rotatable bonds is 6. The molecule has 1 saturated heterocycles. The van der Waals surface area contributed by atoms with E-state index in [0.717, 1.165) is 18.8 Å². The minimum atomic E-state index is -0.976. The van der Waals surface area contributed by atoms with Crippen molar-refractivity contribution in [2.45, 2.75) is 51.0 Å². The highest BCUT2D eigenvalue weighted by Gasteiger charge is 2.36. The van der Waals surface area contributed by atoms with E-state index in [0.29, 0.717) is 13.1 Å². The van der Waals surface area contributed by atoms with E-state index in [1.54, 1.807) is 0 Å². The van der Waals surface area contributed by atoms with E-state index in [4.69, 9.17) is 5.11 Å². The van der Waals surface area contributed by atoms with E-state index < -0.39 is 12.1 Å². The predicted molar refractivity (Wildman–Crippen MR) is 67.3 cm³/mol. The first kappa shape index (κ1) is 13.2. The average Bonchev–Trinajstić information content (AvgIpc) is 2.83. The van der Waals surface area contributed by atoms with Crippen LogP contribution >= 0.6 is 0 Å². The second kappa shape index (κ2) is 6.07. The van der Waals surface area contributed by atoms with Crippen LogP contribution in [-0.4, -0.2) is 41.1 Å². The number of carboxylic acid groups (broad SMARTS) is 1. The fourth-order valence-electron chi connectivity index (χ4n) is 2.93. The summed E-state index contributed by atoms with van der Waals surface area (Å²) in [5.41, 5.74) is 0. The molecule has 1 heterocycles. The Morgan fingerprint density at radius 2 is 2.06 bits per heavy atom. The molecule has 2 amide bonds. The molecule has 5 nitrogen and oxygen atoms in total. The van der Waals surface area contributed by atoms with E-state index >= 15 is 0 Å². The van der Waals surface area contributed by atoms with Crippen molar-refractivity contribution in [3.8, 4) is 0 Å². The van der Waals surface area contributed by atoms with Gasteiger partial charge in [-0.05, 0) is 12.3 Å². The van der Waals surface area contributed by atoms with Gasteiger partial charge in [0, 0.05) is 13.1 Å². The molecule has 2 aliphatic rings. The molecule has 0 bridgehead atoms. The zero-order valence-corrected chi connectivity index (χ0v) is 10.7. The molecular formula is C13H22N2O3. The van der Waals surface area contributed by atoms with Crippen LogP contribution in [0.4, 0.5) is 4.79 Å².